The van der Waals surface area contributed by atoms with Crippen LogP contribution in [0.1, 0.15) is 12.8 Å². The summed E-state index contributed by atoms with van der Waals surface area (Å²) >= 11 is 0. The first-order valence-electron chi connectivity index (χ1n) is 3.23. The molecule has 0 amide bonds. The Morgan fingerprint density at radius 1 is 1.56 bits per heavy atom. The molecule has 2 atom stereocenters. The maximum Gasteiger partial charge on any atom is 0.0830 e. The molecule has 3 nitrogen and oxygen atoms in total. The van der Waals surface area contributed by atoms with E-state index in [0.29, 0.717) is 19.4 Å². The quantitative estimate of drug-likeness (QED) is 0.506. The van der Waals surface area contributed by atoms with Crippen LogP contribution < -0.4 is 0 Å². The lowest BCUT2D eigenvalue weighted by atomic mass is 10.1. The summed E-state index contributed by atoms with van der Waals surface area (Å²) in [4.78, 5) is 0. The molecule has 0 bridgehead atoms. The van der Waals surface area contributed by atoms with Crippen molar-refractivity contribution < 1.29 is 14.9 Å². The van der Waals surface area contributed by atoms with Crippen LogP contribution in [0.3, 0.4) is 0 Å². The SMILES string of the molecule is OC[C@@H]1CC(O)CCO1. The van der Waals surface area contributed by atoms with Crippen LogP contribution in [-0.4, -0.2) is 35.6 Å². The zero-order valence-electron chi connectivity index (χ0n) is 5.29. The molecule has 1 rings (SSSR count). The fraction of sp³-hybridized carbons (Fsp3) is 1.00. The minimum Gasteiger partial charge on any atom is -0.394 e. The van der Waals surface area contributed by atoms with E-state index in [1.54, 1.807) is 0 Å². The van der Waals surface area contributed by atoms with Crippen molar-refractivity contribution >= 4 is 0 Å². The number of hydrogen-bond donors (Lipinski definition) is 2. The Balaban J connectivity index is 2.23. The van der Waals surface area contributed by atoms with Crippen LogP contribution in [0.4, 0.5) is 0 Å². The van der Waals surface area contributed by atoms with E-state index in [1.807, 2.05) is 0 Å². The van der Waals surface area contributed by atoms with Gasteiger partial charge in [-0.3, -0.25) is 0 Å². The van der Waals surface area contributed by atoms with Crippen molar-refractivity contribution in [3.8, 4) is 0 Å². The molecule has 0 saturated carbocycles. The first-order chi connectivity index (χ1) is 4.33. The van der Waals surface area contributed by atoms with Gasteiger partial charge in [0.2, 0.25) is 0 Å². The van der Waals surface area contributed by atoms with E-state index in [9.17, 15) is 0 Å². The Labute approximate surface area is 54.3 Å². The minimum atomic E-state index is -0.268. The van der Waals surface area contributed by atoms with Crippen molar-refractivity contribution in [2.75, 3.05) is 13.2 Å². The number of hydrogen-bond acceptors (Lipinski definition) is 3. The Bertz CT molecular complexity index is 84.4. The van der Waals surface area contributed by atoms with E-state index >= 15 is 0 Å². The summed E-state index contributed by atoms with van der Waals surface area (Å²) in [7, 11) is 0. The minimum absolute atomic E-state index is 0.0249. The van der Waals surface area contributed by atoms with Crippen molar-refractivity contribution in [3.63, 3.8) is 0 Å². The number of aliphatic hydroxyl groups is 2. The smallest absolute Gasteiger partial charge is 0.0830 e. The van der Waals surface area contributed by atoms with Crippen LogP contribution in [0.15, 0.2) is 0 Å². The molecule has 0 radical (unpaired) electrons. The molecule has 1 fully saturated rings. The van der Waals surface area contributed by atoms with Crippen LogP contribution in [0, 0.1) is 0 Å². The second kappa shape index (κ2) is 3.15. The van der Waals surface area contributed by atoms with Crippen LogP contribution in [0.25, 0.3) is 0 Å². The molecule has 1 aliphatic rings. The van der Waals surface area contributed by atoms with Crippen molar-refractivity contribution in [3.05, 3.63) is 0 Å². The van der Waals surface area contributed by atoms with Crippen molar-refractivity contribution in [2.45, 2.75) is 25.0 Å². The molecule has 1 aliphatic heterocycles. The van der Waals surface area contributed by atoms with E-state index in [-0.39, 0.29) is 18.8 Å². The van der Waals surface area contributed by atoms with Gasteiger partial charge in [-0.2, -0.15) is 0 Å². The van der Waals surface area contributed by atoms with Crippen molar-refractivity contribution in [1.29, 1.82) is 0 Å². The maximum atomic E-state index is 9.02. The highest BCUT2D eigenvalue weighted by molar-refractivity contribution is 4.68. The standard InChI is InChI=1S/C6H12O3/c7-4-6-3-5(8)1-2-9-6/h5-8H,1-4H2/t5?,6-/m0/s1. The van der Waals surface area contributed by atoms with Gasteiger partial charge in [0, 0.05) is 13.0 Å². The molecule has 3 heteroatoms. The molecule has 0 aromatic carbocycles. The van der Waals surface area contributed by atoms with Crippen LogP contribution in [0.2, 0.25) is 0 Å². The topological polar surface area (TPSA) is 49.7 Å². The molecule has 54 valence electrons. The van der Waals surface area contributed by atoms with Gasteiger partial charge in [-0.05, 0) is 6.42 Å². The summed E-state index contributed by atoms with van der Waals surface area (Å²) in [6.45, 7) is 0.601. The van der Waals surface area contributed by atoms with Gasteiger partial charge in [-0.1, -0.05) is 0 Å². The predicted octanol–water partition coefficient (Wildman–Crippen LogP) is -0.481. The molecule has 1 unspecified atom stereocenters. The van der Waals surface area contributed by atoms with Gasteiger partial charge < -0.3 is 14.9 Å². The zero-order valence-corrected chi connectivity index (χ0v) is 5.29. The van der Waals surface area contributed by atoms with E-state index in [4.69, 9.17) is 14.9 Å². The number of rotatable bonds is 1. The first kappa shape index (κ1) is 6.99. The second-order valence-corrected chi connectivity index (χ2v) is 2.35. The predicted molar refractivity (Wildman–Crippen MR) is 32.1 cm³/mol. The highest BCUT2D eigenvalue weighted by Gasteiger charge is 2.19. The van der Waals surface area contributed by atoms with Gasteiger partial charge in [0.15, 0.2) is 0 Å². The van der Waals surface area contributed by atoms with E-state index in [0.717, 1.165) is 0 Å². The molecule has 1 saturated heterocycles. The van der Waals surface area contributed by atoms with E-state index in [1.165, 1.54) is 0 Å². The summed E-state index contributed by atoms with van der Waals surface area (Å²) in [6.07, 6.45) is 0.886. The normalized spacial score (nSPS) is 36.7. The average molecular weight is 132 g/mol. The third-order valence-electron chi connectivity index (χ3n) is 1.54. The van der Waals surface area contributed by atoms with Crippen molar-refractivity contribution in [2.24, 2.45) is 0 Å². The van der Waals surface area contributed by atoms with Gasteiger partial charge in [0.1, 0.15) is 0 Å². The lowest BCUT2D eigenvalue weighted by molar-refractivity contribution is -0.0642. The lowest BCUT2D eigenvalue weighted by Gasteiger charge is -2.24. The molecule has 0 spiro atoms. The zero-order chi connectivity index (χ0) is 6.69. The molecular weight excluding hydrogens is 120 g/mol. The first-order valence-corrected chi connectivity index (χ1v) is 3.23. The Kier molecular flexibility index (Phi) is 2.45. The van der Waals surface area contributed by atoms with Crippen LogP contribution in [-0.2, 0) is 4.74 Å². The number of aliphatic hydroxyl groups excluding tert-OH is 2. The van der Waals surface area contributed by atoms with Crippen molar-refractivity contribution in [1.82, 2.24) is 0 Å². The van der Waals surface area contributed by atoms with Crippen LogP contribution in [0.5, 0.6) is 0 Å². The van der Waals surface area contributed by atoms with E-state index < -0.39 is 0 Å². The monoisotopic (exact) mass is 132 g/mol. The number of ether oxygens (including phenoxy) is 1. The Hall–Kier alpha value is -0.120. The molecule has 9 heavy (non-hydrogen) atoms. The largest absolute Gasteiger partial charge is 0.394 e. The summed E-state index contributed by atoms with van der Waals surface area (Å²) in [6, 6.07) is 0. The van der Waals surface area contributed by atoms with Gasteiger partial charge in [0.25, 0.3) is 0 Å². The Morgan fingerprint density at radius 2 is 2.33 bits per heavy atom. The third kappa shape index (κ3) is 1.93. The van der Waals surface area contributed by atoms with Crippen LogP contribution >= 0.6 is 0 Å². The molecular formula is C6H12O3. The summed E-state index contributed by atoms with van der Waals surface area (Å²) in [5.41, 5.74) is 0. The average Bonchev–Trinajstić information content (AvgIpc) is 1.88. The maximum absolute atomic E-state index is 9.02. The summed E-state index contributed by atoms with van der Waals surface area (Å²) in [5.74, 6) is 0. The molecule has 2 N–H and O–H groups in total. The summed E-state index contributed by atoms with van der Waals surface area (Å²) < 4.78 is 5.09. The van der Waals surface area contributed by atoms with Gasteiger partial charge in [0.05, 0.1) is 18.8 Å². The lowest BCUT2D eigenvalue weighted by Crippen LogP contribution is -2.31. The third-order valence-corrected chi connectivity index (χ3v) is 1.54. The molecule has 0 aromatic heterocycles. The fourth-order valence-electron chi connectivity index (χ4n) is 0.987. The highest BCUT2D eigenvalue weighted by atomic mass is 16.5. The molecule has 0 aromatic rings. The molecule has 1 heterocycles. The summed E-state index contributed by atoms with van der Waals surface area (Å²) in [5, 5.41) is 17.6. The Morgan fingerprint density at radius 3 is 2.78 bits per heavy atom. The highest BCUT2D eigenvalue weighted by Crippen LogP contribution is 2.12. The van der Waals surface area contributed by atoms with Gasteiger partial charge >= 0.3 is 0 Å². The second-order valence-electron chi connectivity index (χ2n) is 2.35. The molecule has 0 aliphatic carbocycles. The van der Waals surface area contributed by atoms with Gasteiger partial charge in [-0.25, -0.2) is 0 Å². The fourth-order valence-corrected chi connectivity index (χ4v) is 0.987. The van der Waals surface area contributed by atoms with Gasteiger partial charge in [-0.15, -0.1) is 0 Å². The van der Waals surface area contributed by atoms with E-state index in [2.05, 4.69) is 0 Å².